The number of carbonyl (C=O) groups excluding carboxylic acids is 2. The van der Waals surface area contributed by atoms with Crippen LogP contribution >= 0.6 is 0 Å². The van der Waals surface area contributed by atoms with Gasteiger partial charge in [0.1, 0.15) is 12.4 Å². The van der Waals surface area contributed by atoms with Gasteiger partial charge in [0.05, 0.1) is 19.8 Å². The Balaban J connectivity index is 1.84. The molecule has 0 bridgehead atoms. The third-order valence-corrected chi connectivity index (χ3v) is 6.16. The number of nitrogens with two attached hydrogens (primary N) is 1. The first-order chi connectivity index (χ1) is 18.0. The maximum absolute atomic E-state index is 11.9. The van der Waals surface area contributed by atoms with E-state index in [9.17, 15) is 9.59 Å². The van der Waals surface area contributed by atoms with Crippen molar-refractivity contribution in [2.75, 3.05) is 38.3 Å². The minimum Gasteiger partial charge on any atom is -0.384 e. The molecule has 5 N–H and O–H groups in total. The van der Waals surface area contributed by atoms with Crippen LogP contribution in [0.3, 0.4) is 0 Å². The van der Waals surface area contributed by atoms with Crippen molar-refractivity contribution in [3.05, 3.63) is 29.8 Å². The van der Waals surface area contributed by atoms with E-state index in [0.717, 1.165) is 12.8 Å². The fourth-order valence-electron chi connectivity index (χ4n) is 3.97. The Bertz CT molecular complexity index is 740. The summed E-state index contributed by atoms with van der Waals surface area (Å²) in [4.78, 5) is 23.8. The minimum atomic E-state index is -0.268. The average Bonchev–Trinajstić information content (AvgIpc) is 2.88. The van der Waals surface area contributed by atoms with E-state index in [1.807, 2.05) is 0 Å². The number of hydrogen-bond donors (Lipinski definition) is 4. The van der Waals surface area contributed by atoms with E-state index in [2.05, 4.69) is 17.6 Å². The number of amidine groups is 1. The first kappa shape index (κ1) is 32.6. The molecule has 0 spiro atoms. The number of rotatable bonds is 24. The van der Waals surface area contributed by atoms with Crippen LogP contribution in [0.5, 0.6) is 0 Å². The highest BCUT2D eigenvalue weighted by atomic mass is 16.5. The maximum Gasteiger partial charge on any atom is 0.250 e. The predicted octanol–water partition coefficient (Wildman–Crippen LogP) is 5.54. The van der Waals surface area contributed by atoms with Crippen LogP contribution in [0.2, 0.25) is 0 Å². The summed E-state index contributed by atoms with van der Waals surface area (Å²) in [5, 5.41) is 13.0. The van der Waals surface area contributed by atoms with Crippen molar-refractivity contribution in [2.45, 2.75) is 96.8 Å². The molecule has 37 heavy (non-hydrogen) atoms. The molecule has 0 aromatic heterocycles. The lowest BCUT2D eigenvalue weighted by molar-refractivity contribution is -0.122. The van der Waals surface area contributed by atoms with Gasteiger partial charge in [0, 0.05) is 24.2 Å². The largest absolute Gasteiger partial charge is 0.384 e. The predicted molar refractivity (Wildman–Crippen MR) is 151 cm³/mol. The van der Waals surface area contributed by atoms with Crippen molar-refractivity contribution < 1.29 is 19.1 Å². The molecule has 0 aliphatic rings. The van der Waals surface area contributed by atoms with Gasteiger partial charge in [-0.1, -0.05) is 84.0 Å². The Morgan fingerprint density at radius 1 is 0.757 bits per heavy atom. The fourth-order valence-corrected chi connectivity index (χ4v) is 3.97. The molecule has 0 atom stereocenters. The van der Waals surface area contributed by atoms with Crippen LogP contribution in [-0.4, -0.2) is 50.6 Å². The van der Waals surface area contributed by atoms with E-state index in [1.165, 1.54) is 70.6 Å². The van der Waals surface area contributed by atoms with Crippen LogP contribution in [0.25, 0.3) is 0 Å². The number of carbonyl (C=O) groups is 2. The van der Waals surface area contributed by atoms with Gasteiger partial charge in [-0.2, -0.15) is 0 Å². The van der Waals surface area contributed by atoms with Crippen molar-refractivity contribution in [2.24, 2.45) is 5.73 Å². The van der Waals surface area contributed by atoms with Gasteiger partial charge < -0.3 is 25.8 Å². The summed E-state index contributed by atoms with van der Waals surface area (Å²) < 4.78 is 10.7. The molecule has 2 amide bonds. The second-order valence-corrected chi connectivity index (χ2v) is 9.55. The lowest BCUT2D eigenvalue weighted by Crippen LogP contribution is -2.27. The van der Waals surface area contributed by atoms with E-state index in [0.29, 0.717) is 44.0 Å². The lowest BCUT2D eigenvalue weighted by atomic mass is 10.0. The molecular weight excluding hydrogens is 468 g/mol. The van der Waals surface area contributed by atoms with Crippen molar-refractivity contribution in [3.63, 3.8) is 0 Å². The number of nitrogen functional groups attached to an aromatic ring is 1. The standard InChI is InChI=1S/C29H50N4O4/c1-2-3-4-5-6-7-8-9-10-11-12-13-14-15-27(34)32-20-21-36-22-23-37-24-28(35)33-26-18-16-25(17-19-26)29(30)31/h16-19H,2-15,20-24H2,1H3,(H3,30,31)(H,32,34)(H,33,35). The van der Waals surface area contributed by atoms with E-state index in [4.69, 9.17) is 20.6 Å². The normalized spacial score (nSPS) is 10.8. The summed E-state index contributed by atoms with van der Waals surface area (Å²) >= 11 is 0. The van der Waals surface area contributed by atoms with Gasteiger partial charge >= 0.3 is 0 Å². The van der Waals surface area contributed by atoms with Crippen molar-refractivity contribution in [1.29, 1.82) is 5.41 Å². The number of nitrogens with one attached hydrogen (secondary N) is 3. The van der Waals surface area contributed by atoms with E-state index < -0.39 is 0 Å². The summed E-state index contributed by atoms with van der Waals surface area (Å²) in [6.45, 7) is 3.74. The lowest BCUT2D eigenvalue weighted by Gasteiger charge is -2.08. The van der Waals surface area contributed by atoms with Crippen LogP contribution in [0.1, 0.15) is 102 Å². The summed E-state index contributed by atoms with van der Waals surface area (Å²) in [5.74, 6) is -0.206. The number of anilines is 1. The number of amides is 2. The fraction of sp³-hybridized carbons (Fsp3) is 0.690. The molecule has 0 unspecified atom stereocenters. The molecule has 0 saturated carbocycles. The Labute approximate surface area is 224 Å². The molecule has 0 aliphatic heterocycles. The second-order valence-electron chi connectivity index (χ2n) is 9.55. The van der Waals surface area contributed by atoms with Crippen molar-refractivity contribution in [3.8, 4) is 0 Å². The Morgan fingerprint density at radius 2 is 1.30 bits per heavy atom. The quantitative estimate of drug-likeness (QED) is 0.0812. The Kier molecular flexibility index (Phi) is 20.0. The van der Waals surface area contributed by atoms with E-state index >= 15 is 0 Å². The van der Waals surface area contributed by atoms with Gasteiger partial charge in [-0.25, -0.2) is 0 Å². The Morgan fingerprint density at radius 3 is 1.86 bits per heavy atom. The van der Waals surface area contributed by atoms with E-state index in [1.54, 1.807) is 24.3 Å². The van der Waals surface area contributed by atoms with Crippen molar-refractivity contribution >= 4 is 23.3 Å². The van der Waals surface area contributed by atoms with Crippen molar-refractivity contribution in [1.82, 2.24) is 5.32 Å². The first-order valence-corrected chi connectivity index (χ1v) is 14.2. The summed E-state index contributed by atoms with van der Waals surface area (Å²) in [6.07, 6.45) is 17.5. The number of unbranched alkanes of at least 4 members (excludes halogenated alkanes) is 12. The number of hydrogen-bond acceptors (Lipinski definition) is 5. The zero-order valence-electron chi connectivity index (χ0n) is 23.0. The summed E-state index contributed by atoms with van der Waals surface area (Å²) in [6, 6.07) is 6.71. The Hall–Kier alpha value is -2.45. The maximum atomic E-state index is 11.9. The van der Waals surface area contributed by atoms with Gasteiger partial charge in [0.25, 0.3) is 0 Å². The zero-order chi connectivity index (χ0) is 27.0. The van der Waals surface area contributed by atoms with Gasteiger partial charge in [0.2, 0.25) is 11.8 Å². The SMILES string of the molecule is CCCCCCCCCCCCCCCC(=O)NCCOCCOCC(=O)Nc1ccc(C(=N)N)cc1. The monoisotopic (exact) mass is 518 g/mol. The molecule has 0 heterocycles. The second kappa shape index (κ2) is 22.7. The third-order valence-electron chi connectivity index (χ3n) is 6.16. The first-order valence-electron chi connectivity index (χ1n) is 14.2. The van der Waals surface area contributed by atoms with Crippen LogP contribution in [-0.2, 0) is 19.1 Å². The molecule has 1 rings (SSSR count). The topological polar surface area (TPSA) is 127 Å². The van der Waals surface area contributed by atoms with Gasteiger partial charge in [-0.15, -0.1) is 0 Å². The van der Waals surface area contributed by atoms with Crippen LogP contribution in [0, 0.1) is 5.41 Å². The van der Waals surface area contributed by atoms with Crippen LogP contribution in [0.15, 0.2) is 24.3 Å². The third kappa shape index (κ3) is 19.3. The van der Waals surface area contributed by atoms with Crippen LogP contribution < -0.4 is 16.4 Å². The summed E-state index contributed by atoms with van der Waals surface area (Å²) in [5.41, 5.74) is 6.62. The van der Waals surface area contributed by atoms with Gasteiger partial charge in [-0.05, 0) is 30.7 Å². The van der Waals surface area contributed by atoms with Crippen LogP contribution in [0.4, 0.5) is 5.69 Å². The number of ether oxygens (including phenoxy) is 2. The molecule has 0 saturated heterocycles. The molecular formula is C29H50N4O4. The highest BCUT2D eigenvalue weighted by Gasteiger charge is 2.04. The summed E-state index contributed by atoms with van der Waals surface area (Å²) in [7, 11) is 0. The van der Waals surface area contributed by atoms with E-state index in [-0.39, 0.29) is 24.3 Å². The van der Waals surface area contributed by atoms with Gasteiger partial charge in [-0.3, -0.25) is 15.0 Å². The van der Waals surface area contributed by atoms with Gasteiger partial charge in [0.15, 0.2) is 0 Å². The molecule has 0 radical (unpaired) electrons. The highest BCUT2D eigenvalue weighted by molar-refractivity contribution is 5.96. The number of benzene rings is 1. The molecule has 0 fully saturated rings. The molecule has 210 valence electrons. The average molecular weight is 519 g/mol. The molecule has 8 nitrogen and oxygen atoms in total. The highest BCUT2D eigenvalue weighted by Crippen LogP contribution is 2.13. The molecule has 1 aromatic carbocycles. The molecule has 1 aromatic rings. The minimum absolute atomic E-state index is 0.0180. The molecule has 0 aliphatic carbocycles. The molecule has 8 heteroatoms. The zero-order valence-corrected chi connectivity index (χ0v) is 23.0. The smallest absolute Gasteiger partial charge is 0.250 e.